The van der Waals surface area contributed by atoms with Crippen LogP contribution in [0.15, 0.2) is 28.8 Å². The number of likely N-dealkylation sites (tertiary alicyclic amines) is 1. The quantitative estimate of drug-likeness (QED) is 0.882. The van der Waals surface area contributed by atoms with Crippen LogP contribution >= 0.6 is 11.6 Å². The molecule has 0 saturated carbocycles. The van der Waals surface area contributed by atoms with Crippen LogP contribution in [-0.2, 0) is 4.79 Å². The predicted octanol–water partition coefficient (Wildman–Crippen LogP) is 3.22. The maximum atomic E-state index is 12.3. The summed E-state index contributed by atoms with van der Waals surface area (Å²) in [5, 5.41) is 4.74. The van der Waals surface area contributed by atoms with Crippen molar-refractivity contribution in [1.82, 2.24) is 15.0 Å². The van der Waals surface area contributed by atoms with Crippen LogP contribution in [0, 0.1) is 0 Å². The summed E-state index contributed by atoms with van der Waals surface area (Å²) in [7, 11) is 0. The van der Waals surface area contributed by atoms with Crippen molar-refractivity contribution in [2.75, 3.05) is 13.1 Å². The molecule has 0 bridgehead atoms. The number of piperidine rings is 1. The Hall–Kier alpha value is -1.92. The minimum Gasteiger partial charge on any atom is -0.342 e. The number of benzene rings is 1. The van der Waals surface area contributed by atoms with Crippen LogP contribution in [0.25, 0.3) is 11.4 Å². The smallest absolute Gasteiger partial charge is 0.231 e. The molecule has 2 unspecified atom stereocenters. The Morgan fingerprint density at radius 1 is 1.44 bits per heavy atom. The van der Waals surface area contributed by atoms with E-state index >= 15 is 0 Å². The minimum atomic E-state index is 0.0439. The fraction of sp³-hybridized carbons (Fsp3) is 0.500. The average Bonchev–Trinajstić information content (AvgIpc) is 3.10. The molecule has 6 nitrogen and oxygen atoms in total. The van der Waals surface area contributed by atoms with Gasteiger partial charge in [-0.05, 0) is 50.5 Å². The molecule has 7 heteroatoms. The first-order chi connectivity index (χ1) is 12.0. The summed E-state index contributed by atoms with van der Waals surface area (Å²) in [4.78, 5) is 18.7. The fourth-order valence-electron chi connectivity index (χ4n) is 3.03. The topological polar surface area (TPSA) is 85.3 Å². The van der Waals surface area contributed by atoms with E-state index in [4.69, 9.17) is 21.9 Å². The zero-order valence-corrected chi connectivity index (χ0v) is 15.1. The van der Waals surface area contributed by atoms with Crippen molar-refractivity contribution >= 4 is 17.5 Å². The number of hydrogen-bond donors (Lipinski definition) is 1. The van der Waals surface area contributed by atoms with Crippen molar-refractivity contribution in [2.45, 2.75) is 44.6 Å². The molecule has 2 N–H and O–H groups in total. The lowest BCUT2D eigenvalue weighted by atomic mass is 9.97. The highest BCUT2D eigenvalue weighted by molar-refractivity contribution is 6.30. The van der Waals surface area contributed by atoms with Crippen LogP contribution in [0.2, 0.25) is 5.02 Å². The van der Waals surface area contributed by atoms with E-state index < -0.39 is 0 Å². The number of amides is 1. The zero-order chi connectivity index (χ0) is 17.8. The standard InChI is InChI=1S/C18H23ClN4O2/c1-12(20)4-9-16(24)23-10-2-3-14(11-23)18-21-17(22-25-18)13-5-7-15(19)8-6-13/h5-8,12,14H,2-4,9-11,20H2,1H3. The van der Waals surface area contributed by atoms with E-state index in [0.29, 0.717) is 36.1 Å². The molecule has 3 rings (SSSR count). The van der Waals surface area contributed by atoms with Gasteiger partial charge < -0.3 is 15.2 Å². The second-order valence-corrected chi connectivity index (χ2v) is 7.09. The van der Waals surface area contributed by atoms with E-state index in [1.165, 1.54) is 0 Å². The SMILES string of the molecule is CC(N)CCC(=O)N1CCCC(c2nc(-c3ccc(Cl)cc3)no2)C1. The molecule has 1 aromatic heterocycles. The van der Waals surface area contributed by atoms with Crippen molar-refractivity contribution in [3.8, 4) is 11.4 Å². The molecule has 1 aliphatic rings. The van der Waals surface area contributed by atoms with Gasteiger partial charge in [-0.3, -0.25) is 4.79 Å². The lowest BCUT2D eigenvalue weighted by Crippen LogP contribution is -2.39. The Kier molecular flexibility index (Phi) is 5.71. The number of carbonyl (C=O) groups excluding carboxylic acids is 1. The molecule has 1 aromatic carbocycles. The van der Waals surface area contributed by atoms with Gasteiger partial charge in [0.15, 0.2) is 0 Å². The van der Waals surface area contributed by atoms with Gasteiger partial charge in [0.2, 0.25) is 17.6 Å². The Balaban J connectivity index is 1.65. The van der Waals surface area contributed by atoms with Gasteiger partial charge in [-0.25, -0.2) is 0 Å². The molecule has 2 heterocycles. The van der Waals surface area contributed by atoms with E-state index in [1.807, 2.05) is 24.0 Å². The monoisotopic (exact) mass is 362 g/mol. The first-order valence-corrected chi connectivity index (χ1v) is 9.03. The van der Waals surface area contributed by atoms with Gasteiger partial charge in [0.25, 0.3) is 0 Å². The highest BCUT2D eigenvalue weighted by atomic mass is 35.5. The molecular weight excluding hydrogens is 340 g/mol. The van der Waals surface area contributed by atoms with Crippen LogP contribution < -0.4 is 5.73 Å². The largest absolute Gasteiger partial charge is 0.342 e. The normalized spacial score (nSPS) is 19.0. The van der Waals surface area contributed by atoms with Gasteiger partial charge in [0, 0.05) is 36.1 Å². The summed E-state index contributed by atoms with van der Waals surface area (Å²) in [6, 6.07) is 7.37. The Labute approximate surface area is 152 Å². The van der Waals surface area contributed by atoms with Crippen molar-refractivity contribution in [2.24, 2.45) is 5.73 Å². The summed E-state index contributed by atoms with van der Waals surface area (Å²) in [5.74, 6) is 1.38. The van der Waals surface area contributed by atoms with Crippen LogP contribution in [0.1, 0.15) is 44.4 Å². The Bertz CT molecular complexity index is 714. The van der Waals surface area contributed by atoms with Gasteiger partial charge in [-0.2, -0.15) is 4.98 Å². The van der Waals surface area contributed by atoms with Gasteiger partial charge in [-0.15, -0.1) is 0 Å². The van der Waals surface area contributed by atoms with Crippen molar-refractivity contribution in [3.63, 3.8) is 0 Å². The average molecular weight is 363 g/mol. The zero-order valence-electron chi connectivity index (χ0n) is 14.3. The molecule has 134 valence electrons. The summed E-state index contributed by atoms with van der Waals surface area (Å²) in [6.45, 7) is 3.33. The highest BCUT2D eigenvalue weighted by Gasteiger charge is 2.28. The van der Waals surface area contributed by atoms with Gasteiger partial charge in [0.1, 0.15) is 0 Å². The molecule has 1 fully saturated rings. The summed E-state index contributed by atoms with van der Waals surface area (Å²) in [6.07, 6.45) is 3.08. The molecule has 2 aromatic rings. The summed E-state index contributed by atoms with van der Waals surface area (Å²) >= 11 is 5.91. The first kappa shape index (κ1) is 17.9. The molecule has 1 aliphatic heterocycles. The highest BCUT2D eigenvalue weighted by Crippen LogP contribution is 2.28. The summed E-state index contributed by atoms with van der Waals surface area (Å²) < 4.78 is 5.46. The van der Waals surface area contributed by atoms with E-state index in [2.05, 4.69) is 10.1 Å². The van der Waals surface area contributed by atoms with Gasteiger partial charge >= 0.3 is 0 Å². The number of nitrogens with zero attached hydrogens (tertiary/aromatic N) is 3. The molecule has 2 atom stereocenters. The van der Waals surface area contributed by atoms with Crippen LogP contribution in [0.5, 0.6) is 0 Å². The number of aromatic nitrogens is 2. The second-order valence-electron chi connectivity index (χ2n) is 6.66. The molecular formula is C18H23ClN4O2. The van der Waals surface area contributed by atoms with E-state index in [0.717, 1.165) is 24.9 Å². The van der Waals surface area contributed by atoms with Gasteiger partial charge in [-0.1, -0.05) is 16.8 Å². The molecule has 0 radical (unpaired) electrons. The molecule has 0 spiro atoms. The third-order valence-electron chi connectivity index (χ3n) is 4.48. The number of hydrogen-bond acceptors (Lipinski definition) is 5. The first-order valence-electron chi connectivity index (χ1n) is 8.66. The van der Waals surface area contributed by atoms with Crippen LogP contribution in [-0.4, -0.2) is 40.1 Å². The number of halogens is 1. The van der Waals surface area contributed by atoms with Gasteiger partial charge in [0.05, 0.1) is 5.92 Å². The molecule has 0 aliphatic carbocycles. The van der Waals surface area contributed by atoms with Crippen molar-refractivity contribution in [3.05, 3.63) is 35.2 Å². The molecule has 1 amide bonds. The van der Waals surface area contributed by atoms with E-state index in [9.17, 15) is 4.79 Å². The molecule has 1 saturated heterocycles. The molecule has 25 heavy (non-hydrogen) atoms. The number of rotatable bonds is 5. The minimum absolute atomic E-state index is 0.0439. The number of nitrogens with two attached hydrogens (primary N) is 1. The van der Waals surface area contributed by atoms with E-state index in [1.54, 1.807) is 12.1 Å². The Morgan fingerprint density at radius 2 is 2.20 bits per heavy atom. The van der Waals surface area contributed by atoms with Crippen molar-refractivity contribution in [1.29, 1.82) is 0 Å². The maximum Gasteiger partial charge on any atom is 0.231 e. The predicted molar refractivity (Wildman–Crippen MR) is 96.2 cm³/mol. The maximum absolute atomic E-state index is 12.3. The van der Waals surface area contributed by atoms with Crippen molar-refractivity contribution < 1.29 is 9.32 Å². The number of carbonyl (C=O) groups is 1. The fourth-order valence-corrected chi connectivity index (χ4v) is 3.16. The third kappa shape index (κ3) is 4.58. The summed E-state index contributed by atoms with van der Waals surface area (Å²) in [5.41, 5.74) is 6.60. The van der Waals surface area contributed by atoms with E-state index in [-0.39, 0.29) is 17.9 Å². The third-order valence-corrected chi connectivity index (χ3v) is 4.73. The van der Waals surface area contributed by atoms with Crippen LogP contribution in [0.4, 0.5) is 0 Å². The second kappa shape index (κ2) is 7.97. The lowest BCUT2D eigenvalue weighted by Gasteiger charge is -2.31. The Morgan fingerprint density at radius 3 is 2.92 bits per heavy atom. The lowest BCUT2D eigenvalue weighted by molar-refractivity contribution is -0.132. The van der Waals surface area contributed by atoms with Crippen LogP contribution in [0.3, 0.4) is 0 Å².